The second-order valence-electron chi connectivity index (χ2n) is 9.77. The lowest BCUT2D eigenvalue weighted by Crippen LogP contribution is -2.35. The van der Waals surface area contributed by atoms with E-state index >= 15 is 0 Å². The highest BCUT2D eigenvalue weighted by Crippen LogP contribution is 2.11. The summed E-state index contributed by atoms with van der Waals surface area (Å²) in [6, 6.07) is 0. The van der Waals surface area contributed by atoms with Crippen molar-refractivity contribution in [3.63, 3.8) is 0 Å². The van der Waals surface area contributed by atoms with E-state index in [1.807, 2.05) is 0 Å². The molecule has 0 bridgehead atoms. The SMILES string of the molecule is CCCCCCCCCCCCC#CC#CCCCCCCCCC[N+](C)(C)C. The first kappa shape index (κ1) is 28.1. The molecule has 0 atom stereocenters. The molecular formula is C28H52N+. The van der Waals surface area contributed by atoms with Crippen LogP contribution in [0.2, 0.25) is 0 Å². The molecule has 0 aliphatic heterocycles. The highest BCUT2D eigenvalue weighted by molar-refractivity contribution is 5.25. The van der Waals surface area contributed by atoms with Crippen LogP contribution in [0.4, 0.5) is 0 Å². The van der Waals surface area contributed by atoms with Gasteiger partial charge >= 0.3 is 0 Å². The van der Waals surface area contributed by atoms with Crippen LogP contribution in [-0.4, -0.2) is 32.2 Å². The number of nitrogens with zero attached hydrogens (tertiary/aromatic N) is 1. The summed E-state index contributed by atoms with van der Waals surface area (Å²) in [5, 5.41) is 0. The highest BCUT2D eigenvalue weighted by atomic mass is 15.3. The molecule has 0 heterocycles. The monoisotopic (exact) mass is 402 g/mol. The maximum atomic E-state index is 3.23. The smallest absolute Gasteiger partial charge is 0.0780 e. The van der Waals surface area contributed by atoms with Gasteiger partial charge in [-0.1, -0.05) is 102 Å². The van der Waals surface area contributed by atoms with E-state index in [4.69, 9.17) is 0 Å². The maximum Gasteiger partial charge on any atom is 0.0780 e. The quantitative estimate of drug-likeness (QED) is 0.116. The summed E-state index contributed by atoms with van der Waals surface area (Å²) in [5.41, 5.74) is 0. The molecule has 0 aromatic carbocycles. The van der Waals surface area contributed by atoms with Crippen LogP contribution >= 0.6 is 0 Å². The number of rotatable bonds is 19. The first-order valence-electron chi connectivity index (χ1n) is 12.8. The molecule has 0 saturated carbocycles. The third kappa shape index (κ3) is 27.1. The lowest BCUT2D eigenvalue weighted by molar-refractivity contribution is -0.870. The van der Waals surface area contributed by atoms with Gasteiger partial charge in [0.15, 0.2) is 0 Å². The van der Waals surface area contributed by atoms with E-state index in [0.717, 1.165) is 17.3 Å². The molecule has 1 heteroatoms. The van der Waals surface area contributed by atoms with Crippen molar-refractivity contribution in [2.24, 2.45) is 0 Å². The topological polar surface area (TPSA) is 0 Å². The second kappa shape index (κ2) is 21.8. The van der Waals surface area contributed by atoms with Crippen molar-refractivity contribution in [3.05, 3.63) is 0 Å². The van der Waals surface area contributed by atoms with Crippen molar-refractivity contribution in [2.75, 3.05) is 27.7 Å². The highest BCUT2D eigenvalue weighted by Gasteiger charge is 2.04. The third-order valence-corrected chi connectivity index (χ3v) is 5.53. The fourth-order valence-corrected chi connectivity index (χ4v) is 3.60. The minimum Gasteiger partial charge on any atom is -0.331 e. The Labute approximate surface area is 185 Å². The predicted octanol–water partition coefficient (Wildman–Crippen LogP) is 8.13. The summed E-state index contributed by atoms with van der Waals surface area (Å²) in [6.07, 6.45) is 25.4. The largest absolute Gasteiger partial charge is 0.331 e. The van der Waals surface area contributed by atoms with Gasteiger partial charge in [0.25, 0.3) is 0 Å². The van der Waals surface area contributed by atoms with Gasteiger partial charge in [0.2, 0.25) is 0 Å². The molecular weight excluding hydrogens is 350 g/mol. The Balaban J connectivity index is 3.27. The Morgan fingerprint density at radius 3 is 1.17 bits per heavy atom. The summed E-state index contributed by atoms with van der Waals surface area (Å²) < 4.78 is 1.10. The Morgan fingerprint density at radius 2 is 0.793 bits per heavy atom. The van der Waals surface area contributed by atoms with Crippen LogP contribution in [0.5, 0.6) is 0 Å². The Morgan fingerprint density at radius 1 is 0.448 bits per heavy atom. The van der Waals surface area contributed by atoms with E-state index in [-0.39, 0.29) is 0 Å². The summed E-state index contributed by atoms with van der Waals surface area (Å²) >= 11 is 0. The van der Waals surface area contributed by atoms with E-state index in [2.05, 4.69) is 51.7 Å². The summed E-state index contributed by atoms with van der Waals surface area (Å²) in [5.74, 6) is 12.5. The first-order chi connectivity index (χ1) is 14.1. The van der Waals surface area contributed by atoms with Gasteiger partial charge in [0.1, 0.15) is 0 Å². The van der Waals surface area contributed by atoms with Gasteiger partial charge in [-0.15, -0.1) is 0 Å². The Kier molecular flexibility index (Phi) is 21.1. The average molecular weight is 403 g/mol. The van der Waals surface area contributed by atoms with Gasteiger partial charge in [0, 0.05) is 12.8 Å². The van der Waals surface area contributed by atoms with Crippen molar-refractivity contribution in [1.82, 2.24) is 0 Å². The van der Waals surface area contributed by atoms with Crippen molar-refractivity contribution >= 4 is 0 Å². The summed E-state index contributed by atoms with van der Waals surface area (Å²) in [7, 11) is 6.84. The van der Waals surface area contributed by atoms with Gasteiger partial charge in [-0.3, -0.25) is 0 Å². The lowest BCUT2D eigenvalue weighted by atomic mass is 10.1. The van der Waals surface area contributed by atoms with Crippen LogP contribution in [0.3, 0.4) is 0 Å². The molecule has 0 amide bonds. The zero-order valence-corrected chi connectivity index (χ0v) is 20.6. The molecule has 0 rings (SSSR count). The molecule has 0 spiro atoms. The van der Waals surface area contributed by atoms with Gasteiger partial charge in [0.05, 0.1) is 27.7 Å². The van der Waals surface area contributed by atoms with Gasteiger partial charge < -0.3 is 4.48 Å². The van der Waals surface area contributed by atoms with E-state index in [0.29, 0.717) is 0 Å². The molecule has 0 aliphatic rings. The molecule has 1 nitrogen and oxygen atoms in total. The maximum absolute atomic E-state index is 3.23. The lowest BCUT2D eigenvalue weighted by Gasteiger charge is -2.23. The third-order valence-electron chi connectivity index (χ3n) is 5.53. The van der Waals surface area contributed by atoms with E-state index < -0.39 is 0 Å². The zero-order valence-electron chi connectivity index (χ0n) is 20.6. The van der Waals surface area contributed by atoms with E-state index in [1.54, 1.807) is 0 Å². The summed E-state index contributed by atoms with van der Waals surface area (Å²) in [4.78, 5) is 0. The van der Waals surface area contributed by atoms with E-state index in [1.165, 1.54) is 116 Å². The van der Waals surface area contributed by atoms with Gasteiger partial charge in [-0.2, -0.15) is 0 Å². The molecule has 0 aliphatic carbocycles. The minimum absolute atomic E-state index is 1.02. The number of unbranched alkanes of at least 4 members (excludes halogenated alkanes) is 17. The zero-order chi connectivity index (χ0) is 21.5. The standard InChI is InChI=1S/C28H52N/c1-5-6-7-8-9-10-11-12-13-14-15-16-17-18-19-20-21-22-23-24-25-26-27-28-29(2,3)4/h5-15,20-28H2,1-4H3/q+1. The number of quaternary nitrogens is 1. The molecule has 0 aromatic heterocycles. The Bertz CT molecular complexity index is 449. The molecule has 0 fully saturated rings. The van der Waals surface area contributed by atoms with Crippen LogP contribution < -0.4 is 0 Å². The molecule has 168 valence electrons. The normalized spacial score (nSPS) is 10.9. The molecule has 0 unspecified atom stereocenters. The van der Waals surface area contributed by atoms with Crippen LogP contribution in [0.15, 0.2) is 0 Å². The Hall–Kier alpha value is -0.920. The van der Waals surface area contributed by atoms with Crippen LogP contribution in [0.1, 0.15) is 129 Å². The molecule has 0 radical (unpaired) electrons. The fourth-order valence-electron chi connectivity index (χ4n) is 3.60. The van der Waals surface area contributed by atoms with E-state index in [9.17, 15) is 0 Å². The summed E-state index contributed by atoms with van der Waals surface area (Å²) in [6.45, 7) is 3.59. The van der Waals surface area contributed by atoms with Crippen molar-refractivity contribution in [1.29, 1.82) is 0 Å². The average Bonchev–Trinajstić information content (AvgIpc) is 2.67. The number of hydrogen-bond donors (Lipinski definition) is 0. The predicted molar refractivity (Wildman–Crippen MR) is 132 cm³/mol. The van der Waals surface area contributed by atoms with Crippen LogP contribution in [0, 0.1) is 23.7 Å². The van der Waals surface area contributed by atoms with Crippen LogP contribution in [0.25, 0.3) is 0 Å². The molecule has 0 N–H and O–H groups in total. The number of hydrogen-bond acceptors (Lipinski definition) is 0. The van der Waals surface area contributed by atoms with Crippen molar-refractivity contribution < 1.29 is 4.48 Å². The minimum atomic E-state index is 1.02. The van der Waals surface area contributed by atoms with Crippen LogP contribution in [-0.2, 0) is 0 Å². The van der Waals surface area contributed by atoms with Gasteiger partial charge in [-0.25, -0.2) is 0 Å². The van der Waals surface area contributed by atoms with Crippen molar-refractivity contribution in [3.8, 4) is 23.7 Å². The fraction of sp³-hybridized carbons (Fsp3) is 0.857. The molecule has 29 heavy (non-hydrogen) atoms. The van der Waals surface area contributed by atoms with Gasteiger partial charge in [-0.05, 0) is 37.5 Å². The molecule has 0 aromatic rings. The first-order valence-corrected chi connectivity index (χ1v) is 12.8. The second-order valence-corrected chi connectivity index (χ2v) is 9.77. The molecule has 0 saturated heterocycles. The van der Waals surface area contributed by atoms with Crippen molar-refractivity contribution in [2.45, 2.75) is 129 Å².